The van der Waals surface area contributed by atoms with Gasteiger partial charge >= 0.3 is 0 Å². The van der Waals surface area contributed by atoms with Crippen LogP contribution in [0.4, 0.5) is 5.69 Å². The molecule has 174 valence electrons. The minimum Gasteiger partial charge on any atom is -0.472 e. The Morgan fingerprint density at radius 3 is 2.58 bits per heavy atom. The summed E-state index contributed by atoms with van der Waals surface area (Å²) in [7, 11) is 0. The molecule has 0 saturated carbocycles. The molecule has 1 fully saturated rings. The molecule has 1 N–H and O–H groups in total. The summed E-state index contributed by atoms with van der Waals surface area (Å²) >= 11 is 0. The fourth-order valence-electron chi connectivity index (χ4n) is 3.07. The minimum atomic E-state index is -0.808. The van der Waals surface area contributed by atoms with Gasteiger partial charge in [0.15, 0.2) is 0 Å². The highest BCUT2D eigenvalue weighted by Gasteiger charge is 2.36. The Bertz CT molecular complexity index is 1050. The van der Waals surface area contributed by atoms with E-state index in [0.29, 0.717) is 30.5 Å². The highest BCUT2D eigenvalue weighted by atomic mass is 16.5. The fourth-order valence-corrected chi connectivity index (χ4v) is 3.07. The summed E-state index contributed by atoms with van der Waals surface area (Å²) in [6.45, 7) is 12.4. The van der Waals surface area contributed by atoms with E-state index in [2.05, 4.69) is 34.9 Å². The first-order valence-electron chi connectivity index (χ1n) is 10.7. The van der Waals surface area contributed by atoms with Crippen molar-refractivity contribution in [3.8, 4) is 30.4 Å². The number of aromatic nitrogens is 2. The molecule has 3 heterocycles. The summed E-state index contributed by atoms with van der Waals surface area (Å²) in [5, 5.41) is 26.6. The number of hydrogen-bond acceptors (Lipinski definition) is 7. The van der Waals surface area contributed by atoms with E-state index in [1.165, 1.54) is 0 Å². The van der Waals surface area contributed by atoms with Crippen LogP contribution >= 0.6 is 0 Å². The molecule has 1 aromatic rings. The fraction of sp³-hybridized carbons (Fsp3) is 0.500. The molecule has 0 bridgehead atoms. The van der Waals surface area contributed by atoms with E-state index in [-0.39, 0.29) is 18.8 Å². The zero-order valence-electron chi connectivity index (χ0n) is 20.1. The number of amidine groups is 1. The molecule has 9 nitrogen and oxygen atoms in total. The maximum absolute atomic E-state index is 9.51. The highest BCUT2D eigenvalue weighted by molar-refractivity contribution is 6.05. The quantitative estimate of drug-likeness (QED) is 0.635. The maximum atomic E-state index is 9.51. The molecule has 0 amide bonds. The molecule has 0 unspecified atom stereocenters. The summed E-state index contributed by atoms with van der Waals surface area (Å²) in [5.41, 5.74) is 1.32. The lowest BCUT2D eigenvalue weighted by Crippen LogP contribution is -2.49. The molecule has 0 radical (unpaired) electrons. The van der Waals surface area contributed by atoms with Crippen LogP contribution in [0.3, 0.4) is 0 Å². The number of aliphatic imine (C=N–C) groups is 1. The van der Waals surface area contributed by atoms with E-state index in [1.807, 2.05) is 37.8 Å². The Balaban J connectivity index is 0.00000122. The first kappa shape index (κ1) is 25.5. The third kappa shape index (κ3) is 5.94. The van der Waals surface area contributed by atoms with Crippen molar-refractivity contribution >= 4 is 11.5 Å². The molecule has 0 aliphatic carbocycles. The number of hydrogen-bond donors (Lipinski definition) is 1. The van der Waals surface area contributed by atoms with Crippen molar-refractivity contribution in [1.82, 2.24) is 14.7 Å². The van der Waals surface area contributed by atoms with Crippen LogP contribution in [-0.2, 0) is 10.3 Å². The van der Waals surface area contributed by atoms with Gasteiger partial charge < -0.3 is 19.7 Å². The predicted octanol–water partition coefficient (Wildman–Crippen LogP) is 3.40. The molecular formula is C24H31N7O2. The van der Waals surface area contributed by atoms with Crippen LogP contribution < -0.4 is 10.1 Å². The number of ether oxygens (including phenoxy) is 2. The zero-order chi connectivity index (χ0) is 24.6. The molecule has 1 saturated heterocycles. The van der Waals surface area contributed by atoms with Gasteiger partial charge in [-0.25, -0.2) is 9.67 Å². The molecule has 2 aliphatic heterocycles. The van der Waals surface area contributed by atoms with Crippen LogP contribution in [0.2, 0.25) is 0 Å². The number of nitriles is 2. The van der Waals surface area contributed by atoms with Crippen LogP contribution in [0.5, 0.6) is 5.88 Å². The van der Waals surface area contributed by atoms with E-state index in [0.717, 1.165) is 11.4 Å². The third-order valence-corrected chi connectivity index (χ3v) is 4.82. The van der Waals surface area contributed by atoms with Crippen molar-refractivity contribution < 1.29 is 9.47 Å². The van der Waals surface area contributed by atoms with Crippen molar-refractivity contribution in [2.45, 2.75) is 59.2 Å². The highest BCUT2D eigenvalue weighted by Crippen LogP contribution is 2.29. The van der Waals surface area contributed by atoms with Gasteiger partial charge in [0.1, 0.15) is 35.5 Å². The van der Waals surface area contributed by atoms with Gasteiger partial charge in [0.25, 0.3) is 5.88 Å². The van der Waals surface area contributed by atoms with Gasteiger partial charge in [-0.1, -0.05) is 6.08 Å². The van der Waals surface area contributed by atoms with Crippen molar-refractivity contribution in [3.05, 3.63) is 29.6 Å². The first-order valence-corrected chi connectivity index (χ1v) is 10.7. The number of nitrogens with one attached hydrogen (secondary N) is 1. The van der Waals surface area contributed by atoms with Gasteiger partial charge in [-0.2, -0.15) is 10.5 Å². The van der Waals surface area contributed by atoms with E-state index in [1.54, 1.807) is 31.6 Å². The Morgan fingerprint density at radius 1 is 1.42 bits per heavy atom. The maximum Gasteiger partial charge on any atom is 0.256 e. The standard InChI is InChI=1S/C21H27N7O2.C3H4/c1-6-15-7-16(8-22)28(17-10-29-11-17)19(15)25-13-24-18-9-27(21(4,5)12-23)26-20(18)30-14(2)3;1-3-2/h6-7,9,14,17,24H,10-11,13H2,1-5H3;1H,2H3/b15-6-,25-19+;. The molecule has 9 heteroatoms. The molecule has 2 aliphatic rings. The molecule has 3 rings (SSSR count). The number of nitrogens with zero attached hydrogens (tertiary/aromatic N) is 6. The van der Waals surface area contributed by atoms with E-state index in [9.17, 15) is 10.5 Å². The van der Waals surface area contributed by atoms with Gasteiger partial charge in [0.2, 0.25) is 0 Å². The SMILES string of the molecule is C#CC.C/C=C1/C=C(C#N)N(C2COC2)/C1=N/CNc1cn(C(C)(C)C#N)nc1OC(C)C. The van der Waals surface area contributed by atoms with Crippen LogP contribution in [0.25, 0.3) is 0 Å². The monoisotopic (exact) mass is 449 g/mol. The Morgan fingerprint density at radius 2 is 2.09 bits per heavy atom. The van der Waals surface area contributed by atoms with Gasteiger partial charge in [-0.15, -0.1) is 17.4 Å². The zero-order valence-corrected chi connectivity index (χ0v) is 20.1. The molecule has 0 spiro atoms. The third-order valence-electron chi connectivity index (χ3n) is 4.82. The van der Waals surface area contributed by atoms with Crippen LogP contribution in [0, 0.1) is 35.0 Å². The lowest BCUT2D eigenvalue weighted by molar-refractivity contribution is -0.0305. The average molecular weight is 450 g/mol. The summed E-state index contributed by atoms with van der Waals surface area (Å²) in [6.07, 6.45) is 10.1. The summed E-state index contributed by atoms with van der Waals surface area (Å²) in [6, 6.07) is 4.60. The number of allylic oxidation sites excluding steroid dienone is 2. The average Bonchev–Trinajstić information content (AvgIpc) is 3.29. The summed E-state index contributed by atoms with van der Waals surface area (Å²) in [5.74, 6) is 3.41. The van der Waals surface area contributed by atoms with Crippen molar-refractivity contribution in [1.29, 1.82) is 10.5 Å². The second kappa shape index (κ2) is 11.2. The second-order valence-electron chi connectivity index (χ2n) is 8.18. The topological polar surface area (TPSA) is 111 Å². The molecule has 1 aromatic heterocycles. The van der Waals surface area contributed by atoms with E-state index in [4.69, 9.17) is 14.5 Å². The van der Waals surface area contributed by atoms with Crippen molar-refractivity contribution in [3.63, 3.8) is 0 Å². The Kier molecular flexibility index (Phi) is 8.68. The minimum absolute atomic E-state index is 0.0635. The van der Waals surface area contributed by atoms with E-state index >= 15 is 0 Å². The molecule has 33 heavy (non-hydrogen) atoms. The smallest absolute Gasteiger partial charge is 0.256 e. The van der Waals surface area contributed by atoms with Crippen LogP contribution in [0.15, 0.2) is 34.6 Å². The Hall–Kier alpha value is -3.74. The number of anilines is 1. The summed E-state index contributed by atoms with van der Waals surface area (Å²) < 4.78 is 12.7. The molecular weight excluding hydrogens is 418 g/mol. The van der Waals surface area contributed by atoms with Crippen molar-refractivity contribution in [2.75, 3.05) is 25.2 Å². The van der Waals surface area contributed by atoms with E-state index < -0.39 is 5.54 Å². The molecule has 0 atom stereocenters. The number of terminal acetylenes is 1. The largest absolute Gasteiger partial charge is 0.472 e. The van der Waals surface area contributed by atoms with Crippen LogP contribution in [-0.4, -0.2) is 52.5 Å². The van der Waals surface area contributed by atoms with Crippen LogP contribution in [0.1, 0.15) is 41.5 Å². The second-order valence-corrected chi connectivity index (χ2v) is 8.18. The Labute approximate surface area is 196 Å². The van der Waals surface area contributed by atoms with Crippen molar-refractivity contribution in [2.24, 2.45) is 4.99 Å². The number of rotatable bonds is 7. The summed E-state index contributed by atoms with van der Waals surface area (Å²) in [4.78, 5) is 6.65. The predicted molar refractivity (Wildman–Crippen MR) is 127 cm³/mol. The van der Waals surface area contributed by atoms with Gasteiger partial charge in [0.05, 0.1) is 37.6 Å². The van der Waals surface area contributed by atoms with Gasteiger partial charge in [0, 0.05) is 5.57 Å². The lowest BCUT2D eigenvalue weighted by Gasteiger charge is -2.36. The first-order chi connectivity index (χ1) is 15.7. The lowest BCUT2D eigenvalue weighted by atomic mass is 10.1. The van der Waals surface area contributed by atoms with Gasteiger partial charge in [-0.3, -0.25) is 0 Å². The molecule has 0 aromatic carbocycles. The van der Waals surface area contributed by atoms with Gasteiger partial charge in [-0.05, 0) is 47.6 Å². The normalized spacial score (nSPS) is 18.1.